The van der Waals surface area contributed by atoms with Crippen molar-refractivity contribution >= 4 is 51.4 Å². The molecule has 0 aliphatic rings. The second-order valence-corrected chi connectivity index (χ2v) is 8.88. The van der Waals surface area contributed by atoms with E-state index in [1.807, 2.05) is 6.92 Å². The summed E-state index contributed by atoms with van der Waals surface area (Å²) in [7, 11) is 1.27. The first-order valence-corrected chi connectivity index (χ1v) is 11.2. The first kappa shape index (κ1) is 24.0. The van der Waals surface area contributed by atoms with E-state index in [9.17, 15) is 14.0 Å². The van der Waals surface area contributed by atoms with Gasteiger partial charge in [-0.05, 0) is 49.2 Å². The highest BCUT2D eigenvalue weighted by atomic mass is 35.5. The third-order valence-corrected chi connectivity index (χ3v) is 6.11. The van der Waals surface area contributed by atoms with Gasteiger partial charge in [0.25, 0.3) is 0 Å². The Labute approximate surface area is 199 Å². The van der Waals surface area contributed by atoms with Crippen LogP contribution in [0.25, 0.3) is 11.1 Å². The number of methoxy groups -OCH3 is 1. The monoisotopic (exact) mass is 495 g/mol. The van der Waals surface area contributed by atoms with Crippen molar-refractivity contribution in [3.05, 3.63) is 68.8 Å². The number of carbonyl (C=O) groups excluding carboxylic acids is 2. The van der Waals surface area contributed by atoms with Crippen molar-refractivity contribution in [3.63, 3.8) is 0 Å². The number of rotatable bonds is 8. The molecule has 1 heterocycles. The van der Waals surface area contributed by atoms with Crippen molar-refractivity contribution in [1.82, 2.24) is 0 Å². The van der Waals surface area contributed by atoms with E-state index in [0.29, 0.717) is 38.3 Å². The Morgan fingerprint density at radius 1 is 1.12 bits per heavy atom. The van der Waals surface area contributed by atoms with Crippen LogP contribution >= 0.6 is 34.5 Å². The SMILES string of the molecule is COC(=O)c1c(NC(=O)CCCOc2ccc(Cl)cc2Cl)sc(C)c1-c1ccc(F)cc1. The Bertz CT molecular complexity index is 1130. The van der Waals surface area contributed by atoms with Crippen LogP contribution in [0.4, 0.5) is 9.39 Å². The second-order valence-electron chi connectivity index (χ2n) is 6.81. The van der Waals surface area contributed by atoms with Crippen molar-refractivity contribution in [2.45, 2.75) is 19.8 Å². The van der Waals surface area contributed by atoms with E-state index >= 15 is 0 Å². The molecule has 168 valence electrons. The number of hydrogen-bond acceptors (Lipinski definition) is 5. The number of esters is 1. The van der Waals surface area contributed by atoms with Gasteiger partial charge in [-0.2, -0.15) is 0 Å². The molecule has 0 spiro atoms. The van der Waals surface area contributed by atoms with E-state index in [4.69, 9.17) is 32.7 Å². The lowest BCUT2D eigenvalue weighted by atomic mass is 10.0. The Balaban J connectivity index is 1.68. The molecule has 9 heteroatoms. The summed E-state index contributed by atoms with van der Waals surface area (Å²) in [6, 6.07) is 10.7. The molecule has 0 saturated heterocycles. The molecule has 0 unspecified atom stereocenters. The molecular weight excluding hydrogens is 476 g/mol. The molecule has 3 rings (SSSR count). The summed E-state index contributed by atoms with van der Waals surface area (Å²) in [6.45, 7) is 2.11. The van der Waals surface area contributed by atoms with Gasteiger partial charge >= 0.3 is 5.97 Å². The summed E-state index contributed by atoms with van der Waals surface area (Å²) in [5, 5.41) is 4.08. The Morgan fingerprint density at radius 2 is 1.84 bits per heavy atom. The predicted octanol–water partition coefficient (Wildman–Crippen LogP) is 6.75. The molecule has 0 aliphatic carbocycles. The topological polar surface area (TPSA) is 64.6 Å². The quantitative estimate of drug-likeness (QED) is 0.277. The zero-order valence-electron chi connectivity index (χ0n) is 17.3. The minimum atomic E-state index is -0.579. The van der Waals surface area contributed by atoms with Gasteiger partial charge in [-0.3, -0.25) is 4.79 Å². The minimum absolute atomic E-state index is 0.175. The summed E-state index contributed by atoms with van der Waals surface area (Å²) >= 11 is 13.2. The molecule has 0 fully saturated rings. The number of ether oxygens (including phenoxy) is 2. The molecule has 1 aromatic heterocycles. The summed E-state index contributed by atoms with van der Waals surface area (Å²) in [5.74, 6) is -0.739. The maximum absolute atomic E-state index is 13.3. The largest absolute Gasteiger partial charge is 0.492 e. The molecule has 0 saturated carbocycles. The molecular formula is C23H20Cl2FNO4S. The number of benzene rings is 2. The lowest BCUT2D eigenvalue weighted by molar-refractivity contribution is -0.116. The molecule has 1 amide bonds. The van der Waals surface area contributed by atoms with Gasteiger partial charge in [-0.1, -0.05) is 35.3 Å². The van der Waals surface area contributed by atoms with Crippen LogP contribution in [-0.4, -0.2) is 25.6 Å². The van der Waals surface area contributed by atoms with Crippen molar-refractivity contribution in [2.75, 3.05) is 19.0 Å². The molecule has 32 heavy (non-hydrogen) atoms. The molecule has 3 aromatic rings. The Kier molecular flexibility index (Phi) is 8.12. The van der Waals surface area contributed by atoms with Crippen LogP contribution in [-0.2, 0) is 9.53 Å². The second kappa shape index (κ2) is 10.8. The smallest absolute Gasteiger partial charge is 0.341 e. The standard InChI is InChI=1S/C23H20Cl2FNO4S/c1-13-20(14-5-8-16(26)9-6-14)21(23(29)30-2)22(32-13)27-19(28)4-3-11-31-18-10-7-15(24)12-17(18)25/h5-10,12H,3-4,11H2,1-2H3,(H,27,28). The van der Waals surface area contributed by atoms with Crippen LogP contribution in [0.2, 0.25) is 10.0 Å². The highest BCUT2D eigenvalue weighted by Gasteiger charge is 2.25. The summed E-state index contributed by atoms with van der Waals surface area (Å²) < 4.78 is 23.8. The Hall–Kier alpha value is -2.61. The zero-order valence-corrected chi connectivity index (χ0v) is 19.7. The highest BCUT2D eigenvalue weighted by Crippen LogP contribution is 2.40. The molecule has 0 atom stereocenters. The number of anilines is 1. The number of amides is 1. The molecule has 0 radical (unpaired) electrons. The van der Waals surface area contributed by atoms with Gasteiger partial charge in [0.2, 0.25) is 5.91 Å². The fraction of sp³-hybridized carbons (Fsp3) is 0.217. The van der Waals surface area contributed by atoms with Gasteiger partial charge in [-0.15, -0.1) is 11.3 Å². The van der Waals surface area contributed by atoms with E-state index in [2.05, 4.69) is 5.32 Å². The van der Waals surface area contributed by atoms with Gasteiger partial charge in [-0.25, -0.2) is 9.18 Å². The number of halogens is 3. The third-order valence-electron chi connectivity index (χ3n) is 4.56. The van der Waals surface area contributed by atoms with Crippen LogP contribution in [0.1, 0.15) is 28.1 Å². The van der Waals surface area contributed by atoms with Crippen LogP contribution in [0.5, 0.6) is 5.75 Å². The van der Waals surface area contributed by atoms with Crippen molar-refractivity contribution in [2.24, 2.45) is 0 Å². The maximum atomic E-state index is 13.3. The van der Waals surface area contributed by atoms with E-state index < -0.39 is 5.97 Å². The number of hydrogen-bond donors (Lipinski definition) is 1. The number of aryl methyl sites for hydroxylation is 1. The third kappa shape index (κ3) is 5.79. The van der Waals surface area contributed by atoms with Crippen LogP contribution in [0.3, 0.4) is 0 Å². The molecule has 2 aromatic carbocycles. The van der Waals surface area contributed by atoms with Crippen LogP contribution in [0.15, 0.2) is 42.5 Å². The molecule has 0 aliphatic heterocycles. The lowest BCUT2D eigenvalue weighted by Gasteiger charge is -2.09. The summed E-state index contributed by atoms with van der Waals surface area (Å²) in [5.41, 5.74) is 1.52. The molecule has 1 N–H and O–H groups in total. The molecule has 0 bridgehead atoms. The van der Waals surface area contributed by atoms with E-state index in [-0.39, 0.29) is 30.3 Å². The average molecular weight is 496 g/mol. The van der Waals surface area contributed by atoms with Gasteiger partial charge in [0.15, 0.2) is 0 Å². The summed E-state index contributed by atoms with van der Waals surface area (Å²) in [4.78, 5) is 25.8. The number of nitrogens with one attached hydrogen (secondary N) is 1. The van der Waals surface area contributed by atoms with Gasteiger partial charge in [0.1, 0.15) is 22.1 Å². The normalized spacial score (nSPS) is 10.7. The van der Waals surface area contributed by atoms with Crippen molar-refractivity contribution in [3.8, 4) is 16.9 Å². The van der Waals surface area contributed by atoms with Crippen LogP contribution < -0.4 is 10.1 Å². The van der Waals surface area contributed by atoms with Gasteiger partial charge in [0.05, 0.1) is 18.7 Å². The fourth-order valence-electron chi connectivity index (χ4n) is 3.09. The summed E-state index contributed by atoms with van der Waals surface area (Å²) in [6.07, 6.45) is 0.613. The number of thiophene rings is 1. The minimum Gasteiger partial charge on any atom is -0.492 e. The van der Waals surface area contributed by atoms with E-state index in [0.717, 1.165) is 4.88 Å². The first-order valence-electron chi connectivity index (χ1n) is 9.65. The van der Waals surface area contributed by atoms with E-state index in [1.54, 1.807) is 30.3 Å². The van der Waals surface area contributed by atoms with Gasteiger partial charge in [0, 0.05) is 21.9 Å². The highest BCUT2D eigenvalue weighted by molar-refractivity contribution is 7.17. The number of carbonyl (C=O) groups is 2. The van der Waals surface area contributed by atoms with Crippen LogP contribution in [0, 0.1) is 12.7 Å². The average Bonchev–Trinajstić information content (AvgIpc) is 3.08. The van der Waals surface area contributed by atoms with Crippen molar-refractivity contribution < 1.29 is 23.5 Å². The van der Waals surface area contributed by atoms with E-state index in [1.165, 1.54) is 30.6 Å². The lowest BCUT2D eigenvalue weighted by Crippen LogP contribution is -2.15. The predicted molar refractivity (Wildman–Crippen MR) is 126 cm³/mol. The Morgan fingerprint density at radius 3 is 2.50 bits per heavy atom. The van der Waals surface area contributed by atoms with Gasteiger partial charge < -0.3 is 14.8 Å². The maximum Gasteiger partial charge on any atom is 0.341 e. The molecule has 5 nitrogen and oxygen atoms in total. The first-order chi connectivity index (χ1) is 15.3. The fourth-order valence-corrected chi connectivity index (χ4v) is 4.63. The zero-order chi connectivity index (χ0) is 23.3. The van der Waals surface area contributed by atoms with Crippen molar-refractivity contribution in [1.29, 1.82) is 0 Å².